The molecular weight excluding hydrogens is 258 g/mol. The van der Waals surface area contributed by atoms with E-state index in [0.717, 1.165) is 0 Å². The molecule has 1 aliphatic rings. The van der Waals surface area contributed by atoms with Gasteiger partial charge in [-0.25, -0.2) is 4.98 Å². The summed E-state index contributed by atoms with van der Waals surface area (Å²) >= 11 is 17.5. The molecular formula is C9H7Cl3N2O. The molecule has 1 aromatic rings. The molecule has 3 nitrogen and oxygen atoms in total. The number of carbonyl (C=O) groups is 1. The van der Waals surface area contributed by atoms with Crippen molar-refractivity contribution in [2.75, 3.05) is 11.4 Å². The van der Waals surface area contributed by atoms with E-state index in [0.29, 0.717) is 28.8 Å². The van der Waals surface area contributed by atoms with Gasteiger partial charge in [0.1, 0.15) is 0 Å². The van der Waals surface area contributed by atoms with Crippen LogP contribution >= 0.6 is 34.8 Å². The van der Waals surface area contributed by atoms with Gasteiger partial charge in [-0.05, 0) is 6.07 Å². The molecule has 1 aromatic heterocycles. The van der Waals surface area contributed by atoms with Crippen LogP contribution in [0.2, 0.25) is 10.0 Å². The van der Waals surface area contributed by atoms with Crippen molar-refractivity contribution in [1.29, 1.82) is 0 Å². The van der Waals surface area contributed by atoms with Gasteiger partial charge < -0.3 is 0 Å². The van der Waals surface area contributed by atoms with Crippen molar-refractivity contribution in [1.82, 2.24) is 4.98 Å². The van der Waals surface area contributed by atoms with Crippen LogP contribution in [0.15, 0.2) is 12.3 Å². The SMILES string of the molecule is O=C1CC(Cl)CN1c1ncc(Cl)cc1Cl. The Morgan fingerprint density at radius 1 is 1.47 bits per heavy atom. The highest BCUT2D eigenvalue weighted by atomic mass is 35.5. The van der Waals surface area contributed by atoms with Crippen LogP contribution < -0.4 is 4.90 Å². The highest BCUT2D eigenvalue weighted by molar-refractivity contribution is 6.36. The number of pyridine rings is 1. The van der Waals surface area contributed by atoms with Crippen LogP contribution in [0.3, 0.4) is 0 Å². The van der Waals surface area contributed by atoms with Gasteiger partial charge in [-0.3, -0.25) is 9.69 Å². The smallest absolute Gasteiger partial charge is 0.229 e. The first kappa shape index (κ1) is 11.0. The number of amides is 1. The maximum atomic E-state index is 11.5. The van der Waals surface area contributed by atoms with E-state index >= 15 is 0 Å². The molecule has 2 heterocycles. The van der Waals surface area contributed by atoms with Gasteiger partial charge in [-0.2, -0.15) is 0 Å². The van der Waals surface area contributed by atoms with Crippen LogP contribution in [0, 0.1) is 0 Å². The van der Waals surface area contributed by atoms with Crippen molar-refractivity contribution in [3.63, 3.8) is 0 Å². The third-order valence-electron chi connectivity index (χ3n) is 2.12. The Labute approximate surface area is 102 Å². The lowest BCUT2D eigenvalue weighted by atomic mass is 10.4. The average Bonchev–Trinajstić information content (AvgIpc) is 2.45. The summed E-state index contributed by atoms with van der Waals surface area (Å²) in [5.41, 5.74) is 0. The fourth-order valence-corrected chi connectivity index (χ4v) is 2.23. The molecule has 2 rings (SSSR count). The van der Waals surface area contributed by atoms with Crippen molar-refractivity contribution in [2.45, 2.75) is 11.8 Å². The van der Waals surface area contributed by atoms with Gasteiger partial charge in [0.15, 0.2) is 5.82 Å². The number of hydrogen-bond donors (Lipinski definition) is 0. The number of halogens is 3. The molecule has 0 bridgehead atoms. The molecule has 1 atom stereocenters. The molecule has 0 N–H and O–H groups in total. The molecule has 80 valence electrons. The minimum absolute atomic E-state index is 0.0632. The van der Waals surface area contributed by atoms with Crippen molar-refractivity contribution >= 4 is 46.5 Å². The van der Waals surface area contributed by atoms with E-state index < -0.39 is 0 Å². The predicted octanol–water partition coefficient (Wildman–Crippen LogP) is 2.73. The maximum absolute atomic E-state index is 11.5. The molecule has 1 fully saturated rings. The first-order valence-corrected chi connectivity index (χ1v) is 5.52. The van der Waals surface area contributed by atoms with Crippen molar-refractivity contribution < 1.29 is 4.79 Å². The van der Waals surface area contributed by atoms with E-state index in [9.17, 15) is 4.79 Å². The second-order valence-electron chi connectivity index (χ2n) is 3.26. The molecule has 0 aliphatic carbocycles. The zero-order chi connectivity index (χ0) is 11.0. The summed E-state index contributed by atoms with van der Waals surface area (Å²) in [4.78, 5) is 17.0. The Hall–Kier alpha value is -0.510. The highest BCUT2D eigenvalue weighted by Crippen LogP contribution is 2.30. The quantitative estimate of drug-likeness (QED) is 0.732. The second-order valence-corrected chi connectivity index (χ2v) is 4.73. The lowest BCUT2D eigenvalue weighted by Crippen LogP contribution is -2.25. The fraction of sp³-hybridized carbons (Fsp3) is 0.333. The van der Waals surface area contributed by atoms with Gasteiger partial charge >= 0.3 is 0 Å². The normalized spacial score (nSPS) is 21.1. The average molecular weight is 266 g/mol. The molecule has 0 saturated carbocycles. The topological polar surface area (TPSA) is 33.2 Å². The molecule has 15 heavy (non-hydrogen) atoms. The number of aromatic nitrogens is 1. The van der Waals surface area contributed by atoms with Crippen LogP contribution in [0.5, 0.6) is 0 Å². The summed E-state index contributed by atoms with van der Waals surface area (Å²) in [7, 11) is 0. The van der Waals surface area contributed by atoms with Gasteiger partial charge in [0.2, 0.25) is 5.91 Å². The van der Waals surface area contributed by atoms with Crippen LogP contribution in [0.4, 0.5) is 5.82 Å². The molecule has 1 unspecified atom stereocenters. The summed E-state index contributed by atoms with van der Waals surface area (Å²) in [5, 5.41) is 0.630. The van der Waals surface area contributed by atoms with Gasteiger partial charge in [0, 0.05) is 19.2 Å². The highest BCUT2D eigenvalue weighted by Gasteiger charge is 2.31. The van der Waals surface area contributed by atoms with E-state index in [4.69, 9.17) is 34.8 Å². The Balaban J connectivity index is 2.34. The van der Waals surface area contributed by atoms with Gasteiger partial charge in [-0.1, -0.05) is 23.2 Å². The largest absolute Gasteiger partial charge is 0.294 e. The standard InChI is InChI=1S/C9H7Cl3N2O/c10-5-1-7(12)9(13-3-5)14-4-6(11)2-8(14)15/h1,3,6H,2,4H2. The van der Waals surface area contributed by atoms with Crippen LogP contribution in [0.1, 0.15) is 6.42 Å². The number of hydrogen-bond acceptors (Lipinski definition) is 2. The van der Waals surface area contributed by atoms with Crippen LogP contribution in [0.25, 0.3) is 0 Å². The van der Waals surface area contributed by atoms with Crippen LogP contribution in [-0.2, 0) is 4.79 Å². The van der Waals surface area contributed by atoms with Crippen molar-refractivity contribution in [2.24, 2.45) is 0 Å². The minimum Gasteiger partial charge on any atom is -0.294 e. The van der Waals surface area contributed by atoms with E-state index in [1.807, 2.05) is 0 Å². The third-order valence-corrected chi connectivity index (χ3v) is 2.90. The van der Waals surface area contributed by atoms with E-state index in [1.54, 1.807) is 6.07 Å². The number of anilines is 1. The maximum Gasteiger partial charge on any atom is 0.229 e. The second kappa shape index (κ2) is 4.16. The van der Waals surface area contributed by atoms with E-state index in [1.165, 1.54) is 11.1 Å². The lowest BCUT2D eigenvalue weighted by Gasteiger charge is -2.15. The molecule has 1 amide bonds. The third kappa shape index (κ3) is 2.19. The minimum atomic E-state index is -0.175. The summed E-state index contributed by atoms with van der Waals surface area (Å²) in [6.07, 6.45) is 1.78. The number of alkyl halides is 1. The number of rotatable bonds is 1. The van der Waals surface area contributed by atoms with Gasteiger partial charge in [-0.15, -0.1) is 11.6 Å². The zero-order valence-corrected chi connectivity index (χ0v) is 9.85. The Kier molecular flexibility index (Phi) is 3.05. The van der Waals surface area contributed by atoms with E-state index in [2.05, 4.69) is 4.98 Å². The molecule has 0 radical (unpaired) electrons. The Morgan fingerprint density at radius 2 is 2.20 bits per heavy atom. The van der Waals surface area contributed by atoms with Crippen LogP contribution in [-0.4, -0.2) is 22.8 Å². The fourth-order valence-electron chi connectivity index (χ4n) is 1.47. The molecule has 1 aliphatic heterocycles. The first-order valence-electron chi connectivity index (χ1n) is 4.33. The van der Waals surface area contributed by atoms with Crippen molar-refractivity contribution in [3.05, 3.63) is 22.3 Å². The predicted molar refractivity (Wildman–Crippen MR) is 60.9 cm³/mol. The van der Waals surface area contributed by atoms with Crippen molar-refractivity contribution in [3.8, 4) is 0 Å². The van der Waals surface area contributed by atoms with E-state index in [-0.39, 0.29) is 11.3 Å². The first-order chi connectivity index (χ1) is 7.08. The number of carbonyl (C=O) groups excluding carboxylic acids is 1. The zero-order valence-electron chi connectivity index (χ0n) is 7.58. The van der Waals surface area contributed by atoms with Gasteiger partial charge in [0.25, 0.3) is 0 Å². The summed E-state index contributed by atoms with van der Waals surface area (Å²) in [5.74, 6) is 0.362. The number of nitrogens with zero attached hydrogens (tertiary/aromatic N) is 2. The lowest BCUT2D eigenvalue weighted by molar-refractivity contribution is -0.117. The molecule has 0 aromatic carbocycles. The van der Waals surface area contributed by atoms with Gasteiger partial charge in [0.05, 0.1) is 15.4 Å². The Bertz CT molecular complexity index is 410. The monoisotopic (exact) mass is 264 g/mol. The Morgan fingerprint density at radius 3 is 2.73 bits per heavy atom. The molecule has 1 saturated heterocycles. The summed E-state index contributed by atoms with van der Waals surface area (Å²) in [6.45, 7) is 0.439. The summed E-state index contributed by atoms with van der Waals surface area (Å²) in [6, 6.07) is 1.56. The molecule has 6 heteroatoms. The molecule has 0 spiro atoms. The summed E-state index contributed by atoms with van der Waals surface area (Å²) < 4.78 is 0.